The van der Waals surface area contributed by atoms with Gasteiger partial charge >= 0.3 is 0 Å². The molecular formula is C12H18BrNO2. The molecule has 1 unspecified atom stereocenters. The van der Waals surface area contributed by atoms with Crippen LogP contribution in [0, 0.1) is 0 Å². The number of halogens is 1. The fraction of sp³-hybridized carbons (Fsp3) is 0.500. The molecule has 1 aromatic rings. The Bertz CT molecular complexity index is 342. The molecule has 90 valence electrons. The van der Waals surface area contributed by atoms with Gasteiger partial charge in [0.2, 0.25) is 0 Å². The molecule has 0 aromatic heterocycles. The summed E-state index contributed by atoms with van der Waals surface area (Å²) < 4.78 is 11.8. The lowest BCUT2D eigenvalue weighted by molar-refractivity contribution is 0.0119. The molecule has 1 atom stereocenters. The summed E-state index contributed by atoms with van der Waals surface area (Å²) in [6.45, 7) is 4.47. The molecule has 1 rings (SSSR count). The van der Waals surface area contributed by atoms with Gasteiger partial charge in [-0.05, 0) is 47.5 Å². The minimum atomic E-state index is -0.0674. The van der Waals surface area contributed by atoms with Crippen LogP contribution in [0.3, 0.4) is 0 Å². The van der Waals surface area contributed by atoms with Crippen molar-refractivity contribution < 1.29 is 9.47 Å². The van der Waals surface area contributed by atoms with Gasteiger partial charge in [-0.1, -0.05) is 6.07 Å². The van der Waals surface area contributed by atoms with E-state index in [0.29, 0.717) is 6.54 Å². The fourth-order valence-corrected chi connectivity index (χ4v) is 2.04. The zero-order valence-electron chi connectivity index (χ0n) is 9.87. The van der Waals surface area contributed by atoms with Crippen molar-refractivity contribution in [2.75, 3.05) is 13.7 Å². The number of methoxy groups -OCH3 is 1. The summed E-state index contributed by atoms with van der Waals surface area (Å²) in [6.07, 6.45) is 0.0941. The van der Waals surface area contributed by atoms with Crippen LogP contribution in [-0.4, -0.2) is 19.8 Å². The maximum atomic E-state index is 5.73. The van der Waals surface area contributed by atoms with Crippen LogP contribution in [0.25, 0.3) is 0 Å². The van der Waals surface area contributed by atoms with E-state index in [1.165, 1.54) is 0 Å². The molecule has 16 heavy (non-hydrogen) atoms. The molecular weight excluding hydrogens is 270 g/mol. The largest absolute Gasteiger partial charge is 0.496 e. The van der Waals surface area contributed by atoms with Gasteiger partial charge in [-0.25, -0.2) is 0 Å². The molecule has 0 radical (unpaired) electrons. The van der Waals surface area contributed by atoms with Crippen molar-refractivity contribution in [2.45, 2.75) is 26.1 Å². The summed E-state index contributed by atoms with van der Waals surface area (Å²) in [4.78, 5) is 0. The van der Waals surface area contributed by atoms with Crippen molar-refractivity contribution in [1.82, 2.24) is 0 Å². The van der Waals surface area contributed by atoms with Crippen molar-refractivity contribution in [3.63, 3.8) is 0 Å². The Morgan fingerprint density at radius 3 is 2.50 bits per heavy atom. The molecule has 1 aromatic carbocycles. The molecule has 0 fully saturated rings. The second-order valence-corrected chi connectivity index (χ2v) is 4.66. The van der Waals surface area contributed by atoms with Gasteiger partial charge in [0.1, 0.15) is 5.75 Å². The first-order chi connectivity index (χ1) is 7.58. The fourth-order valence-electron chi connectivity index (χ4n) is 1.48. The van der Waals surface area contributed by atoms with Crippen molar-refractivity contribution in [2.24, 2.45) is 5.73 Å². The maximum Gasteiger partial charge on any atom is 0.133 e. The molecule has 0 aliphatic rings. The van der Waals surface area contributed by atoms with Crippen LogP contribution in [-0.2, 0) is 4.74 Å². The molecule has 3 nitrogen and oxygen atoms in total. The Morgan fingerprint density at radius 2 is 2.06 bits per heavy atom. The monoisotopic (exact) mass is 287 g/mol. The van der Waals surface area contributed by atoms with E-state index in [9.17, 15) is 0 Å². The van der Waals surface area contributed by atoms with Gasteiger partial charge in [0.15, 0.2) is 0 Å². The maximum absolute atomic E-state index is 5.73. The van der Waals surface area contributed by atoms with Gasteiger partial charge in [0, 0.05) is 6.54 Å². The second kappa shape index (κ2) is 6.23. The van der Waals surface area contributed by atoms with Crippen molar-refractivity contribution >= 4 is 15.9 Å². The topological polar surface area (TPSA) is 44.5 Å². The van der Waals surface area contributed by atoms with E-state index in [1.807, 2.05) is 32.0 Å². The summed E-state index contributed by atoms with van der Waals surface area (Å²) in [6, 6.07) is 5.87. The van der Waals surface area contributed by atoms with E-state index in [0.717, 1.165) is 15.8 Å². The second-order valence-electron chi connectivity index (χ2n) is 3.80. The molecule has 0 bridgehead atoms. The van der Waals surface area contributed by atoms with Gasteiger partial charge < -0.3 is 15.2 Å². The first-order valence-corrected chi connectivity index (χ1v) is 6.06. The normalized spacial score (nSPS) is 12.9. The van der Waals surface area contributed by atoms with Crippen LogP contribution in [0.5, 0.6) is 5.75 Å². The van der Waals surface area contributed by atoms with E-state index >= 15 is 0 Å². The molecule has 0 amide bonds. The molecule has 0 saturated heterocycles. The van der Waals surface area contributed by atoms with Gasteiger partial charge in [0.05, 0.1) is 23.8 Å². The Hall–Kier alpha value is -0.580. The summed E-state index contributed by atoms with van der Waals surface area (Å²) in [5, 5.41) is 0. The van der Waals surface area contributed by atoms with Crippen molar-refractivity contribution in [3.8, 4) is 5.75 Å². The molecule has 0 spiro atoms. The first kappa shape index (κ1) is 13.5. The minimum absolute atomic E-state index is 0.0674. The van der Waals surface area contributed by atoms with Crippen molar-refractivity contribution in [3.05, 3.63) is 28.2 Å². The number of hydrogen-bond acceptors (Lipinski definition) is 3. The van der Waals surface area contributed by atoms with Crippen LogP contribution in [0.1, 0.15) is 25.5 Å². The van der Waals surface area contributed by atoms with Gasteiger partial charge in [0.25, 0.3) is 0 Å². The molecule has 0 saturated carbocycles. The first-order valence-electron chi connectivity index (χ1n) is 5.27. The predicted molar refractivity (Wildman–Crippen MR) is 68.7 cm³/mol. The van der Waals surface area contributed by atoms with Crippen LogP contribution < -0.4 is 10.5 Å². The van der Waals surface area contributed by atoms with Gasteiger partial charge in [-0.2, -0.15) is 0 Å². The Kier molecular flexibility index (Phi) is 5.25. The number of ether oxygens (including phenoxy) is 2. The predicted octanol–water partition coefficient (Wildman–Crippen LogP) is 2.88. The highest BCUT2D eigenvalue weighted by molar-refractivity contribution is 9.10. The average Bonchev–Trinajstić information content (AvgIpc) is 2.25. The smallest absolute Gasteiger partial charge is 0.133 e. The van der Waals surface area contributed by atoms with Crippen LogP contribution in [0.4, 0.5) is 0 Å². The highest BCUT2D eigenvalue weighted by Gasteiger charge is 2.13. The number of rotatable bonds is 5. The third-order valence-electron chi connectivity index (χ3n) is 2.20. The average molecular weight is 288 g/mol. The Labute approximate surface area is 105 Å². The summed E-state index contributed by atoms with van der Waals surface area (Å²) >= 11 is 3.45. The zero-order chi connectivity index (χ0) is 12.1. The number of nitrogens with two attached hydrogens (primary N) is 1. The molecule has 4 heteroatoms. The van der Waals surface area contributed by atoms with Crippen LogP contribution in [0.2, 0.25) is 0 Å². The number of benzene rings is 1. The Balaban J connectivity index is 2.89. The van der Waals surface area contributed by atoms with E-state index in [2.05, 4.69) is 15.9 Å². The standard InChI is InChI=1S/C12H18BrNO2/c1-8(2)16-12(7-14)9-4-5-11(15-3)10(13)6-9/h4-6,8,12H,7,14H2,1-3H3. The summed E-state index contributed by atoms with van der Waals surface area (Å²) in [5.41, 5.74) is 6.76. The number of hydrogen-bond donors (Lipinski definition) is 1. The molecule has 0 aliphatic carbocycles. The highest BCUT2D eigenvalue weighted by Crippen LogP contribution is 2.29. The SMILES string of the molecule is COc1ccc(C(CN)OC(C)C)cc1Br. The molecule has 0 aliphatic heterocycles. The molecule has 2 N–H and O–H groups in total. The highest BCUT2D eigenvalue weighted by atomic mass is 79.9. The summed E-state index contributed by atoms with van der Waals surface area (Å²) in [5.74, 6) is 0.809. The lowest BCUT2D eigenvalue weighted by Gasteiger charge is -2.19. The van der Waals surface area contributed by atoms with Crippen molar-refractivity contribution in [1.29, 1.82) is 0 Å². The lowest BCUT2D eigenvalue weighted by atomic mass is 10.1. The zero-order valence-corrected chi connectivity index (χ0v) is 11.5. The third-order valence-corrected chi connectivity index (χ3v) is 2.82. The Morgan fingerprint density at radius 1 is 1.38 bits per heavy atom. The van der Waals surface area contributed by atoms with Crippen LogP contribution in [0.15, 0.2) is 22.7 Å². The summed E-state index contributed by atoms with van der Waals surface area (Å²) in [7, 11) is 1.64. The van der Waals surface area contributed by atoms with Gasteiger partial charge in [-0.3, -0.25) is 0 Å². The van der Waals surface area contributed by atoms with Gasteiger partial charge in [-0.15, -0.1) is 0 Å². The lowest BCUT2D eigenvalue weighted by Crippen LogP contribution is -2.19. The van der Waals surface area contributed by atoms with Crippen LogP contribution >= 0.6 is 15.9 Å². The third kappa shape index (κ3) is 3.47. The van der Waals surface area contributed by atoms with E-state index in [1.54, 1.807) is 7.11 Å². The van der Waals surface area contributed by atoms with E-state index < -0.39 is 0 Å². The van der Waals surface area contributed by atoms with E-state index in [-0.39, 0.29) is 12.2 Å². The molecule has 0 heterocycles. The quantitative estimate of drug-likeness (QED) is 0.906. The minimum Gasteiger partial charge on any atom is -0.496 e. The van der Waals surface area contributed by atoms with E-state index in [4.69, 9.17) is 15.2 Å².